The molecular formula is C31H30O2P2Pd+2. The first-order chi connectivity index (χ1) is 17.0. The summed E-state index contributed by atoms with van der Waals surface area (Å²) < 4.78 is 0. The fraction of sp³-hybridized carbons (Fsp3) is 0.161. The Morgan fingerprint density at radius 3 is 0.917 bits per heavy atom. The van der Waals surface area contributed by atoms with Gasteiger partial charge in [0.15, 0.2) is 0 Å². The van der Waals surface area contributed by atoms with Gasteiger partial charge in [0, 0.05) is 0 Å². The van der Waals surface area contributed by atoms with Crippen LogP contribution in [-0.4, -0.2) is 23.9 Å². The zero-order valence-corrected chi connectivity index (χ0v) is 23.8. The van der Waals surface area contributed by atoms with Crippen LogP contribution in [0.25, 0.3) is 0 Å². The second-order valence-corrected chi connectivity index (χ2v) is 13.1. The van der Waals surface area contributed by atoms with Crippen molar-refractivity contribution in [3.05, 3.63) is 121 Å². The van der Waals surface area contributed by atoms with E-state index < -0.39 is 21.3 Å². The monoisotopic (exact) mass is 602 g/mol. The van der Waals surface area contributed by atoms with Gasteiger partial charge >= 0.3 is 20.4 Å². The molecule has 36 heavy (non-hydrogen) atoms. The van der Waals surface area contributed by atoms with Crippen LogP contribution in [0.3, 0.4) is 0 Å². The van der Waals surface area contributed by atoms with E-state index in [1.807, 2.05) is 72.8 Å². The molecule has 0 atom stereocenters. The Morgan fingerprint density at radius 1 is 0.500 bits per heavy atom. The molecule has 0 N–H and O–H groups in total. The van der Waals surface area contributed by atoms with Gasteiger partial charge in [-0.05, 0) is 63.2 Å². The van der Waals surface area contributed by atoms with E-state index in [9.17, 15) is 9.59 Å². The van der Waals surface area contributed by atoms with Gasteiger partial charge in [-0.3, -0.25) is 9.59 Å². The summed E-state index contributed by atoms with van der Waals surface area (Å²) in [6.45, 7) is 3.21. The first kappa shape index (κ1) is 28.3. The molecule has 0 aliphatic rings. The third kappa shape index (κ3) is 6.54. The van der Waals surface area contributed by atoms with Crippen molar-refractivity contribution in [3.63, 3.8) is 0 Å². The van der Waals surface area contributed by atoms with Crippen molar-refractivity contribution in [2.45, 2.75) is 13.8 Å². The van der Waals surface area contributed by atoms with Crippen LogP contribution in [0.15, 0.2) is 121 Å². The third-order valence-corrected chi connectivity index (χ3v) is 11.9. The van der Waals surface area contributed by atoms with Crippen LogP contribution in [-0.2, 0) is 30.0 Å². The topological polar surface area (TPSA) is 34.1 Å². The molecule has 2 nitrogen and oxygen atoms in total. The number of ketones is 2. The van der Waals surface area contributed by atoms with Gasteiger partial charge in [0.25, 0.3) is 0 Å². The standard InChI is InChI=1S/C31H30O2P2.Pd/c1-25(32)31(26(2)33,23-34(27-15-7-3-8-16-27)28-17-9-4-10-18-28)24-35(29-19-11-5-12-20-29)30-21-13-6-14-22-30;/h3-22H,23-24H2,1-2H3;/q;+2. The molecule has 0 saturated heterocycles. The maximum absolute atomic E-state index is 13.5. The largest absolute Gasteiger partial charge is 2.00 e. The molecule has 0 aromatic heterocycles. The first-order valence-electron chi connectivity index (χ1n) is 11.8. The zero-order valence-electron chi connectivity index (χ0n) is 20.5. The molecule has 0 amide bonds. The van der Waals surface area contributed by atoms with E-state index in [0.717, 1.165) is 0 Å². The Balaban J connectivity index is 0.00000361. The van der Waals surface area contributed by atoms with Crippen molar-refractivity contribution in [1.82, 2.24) is 0 Å². The maximum Gasteiger partial charge on any atom is 2.00 e. The van der Waals surface area contributed by atoms with E-state index in [1.54, 1.807) is 13.8 Å². The molecule has 0 unspecified atom stereocenters. The number of benzene rings is 4. The van der Waals surface area contributed by atoms with Crippen LogP contribution in [0, 0.1) is 5.41 Å². The Hall–Kier alpha value is -2.26. The Morgan fingerprint density at radius 2 is 0.722 bits per heavy atom. The minimum absolute atomic E-state index is 0. The second-order valence-electron chi connectivity index (χ2n) is 8.71. The molecule has 0 radical (unpaired) electrons. The van der Waals surface area contributed by atoms with Crippen molar-refractivity contribution >= 4 is 48.6 Å². The average molecular weight is 603 g/mol. The minimum atomic E-state index is -1.06. The Kier molecular flexibility index (Phi) is 10.5. The molecule has 0 heterocycles. The minimum Gasteiger partial charge on any atom is -0.299 e. The molecule has 0 aliphatic carbocycles. The van der Waals surface area contributed by atoms with Crippen LogP contribution < -0.4 is 21.2 Å². The second kappa shape index (κ2) is 13.3. The van der Waals surface area contributed by atoms with Gasteiger partial charge in [0.05, 0.1) is 5.41 Å². The van der Waals surface area contributed by atoms with E-state index in [1.165, 1.54) is 21.2 Å². The molecular weight excluding hydrogens is 573 g/mol. The first-order valence-corrected chi connectivity index (χ1v) is 14.8. The maximum atomic E-state index is 13.5. The average Bonchev–Trinajstić information content (AvgIpc) is 2.90. The zero-order chi connectivity index (χ0) is 24.7. The fourth-order valence-electron chi connectivity index (χ4n) is 4.38. The summed E-state index contributed by atoms with van der Waals surface area (Å²) in [4.78, 5) is 27.0. The van der Waals surface area contributed by atoms with Crippen LogP contribution in [0.2, 0.25) is 0 Å². The van der Waals surface area contributed by atoms with Crippen LogP contribution in [0.4, 0.5) is 0 Å². The number of hydrogen-bond acceptors (Lipinski definition) is 2. The number of carbonyl (C=O) groups is 2. The van der Waals surface area contributed by atoms with E-state index >= 15 is 0 Å². The molecule has 0 fully saturated rings. The number of hydrogen-bond donors (Lipinski definition) is 0. The van der Waals surface area contributed by atoms with E-state index in [2.05, 4.69) is 48.5 Å². The number of Topliss-reactive ketones (excluding diaryl/α,β-unsaturated/α-hetero) is 2. The van der Waals surface area contributed by atoms with Crippen molar-refractivity contribution in [3.8, 4) is 0 Å². The SMILES string of the molecule is CC(=O)C(CP(c1ccccc1)c1ccccc1)(CP(c1ccccc1)c1ccccc1)C(C)=O.[Pd+2]. The van der Waals surface area contributed by atoms with Gasteiger partial charge in [0.2, 0.25) is 0 Å². The molecule has 4 aromatic carbocycles. The Bertz CT molecular complexity index is 1070. The van der Waals surface area contributed by atoms with E-state index in [-0.39, 0.29) is 32.0 Å². The van der Waals surface area contributed by atoms with E-state index in [0.29, 0.717) is 12.3 Å². The smallest absolute Gasteiger partial charge is 0.299 e. The molecule has 0 spiro atoms. The number of rotatable bonds is 10. The van der Waals surface area contributed by atoms with Crippen molar-refractivity contribution < 1.29 is 30.0 Å². The Labute approximate surface area is 230 Å². The molecule has 4 aromatic rings. The summed E-state index contributed by atoms with van der Waals surface area (Å²) >= 11 is 0. The van der Waals surface area contributed by atoms with E-state index in [4.69, 9.17) is 0 Å². The number of carbonyl (C=O) groups excluding carboxylic acids is 2. The molecule has 4 rings (SSSR count). The van der Waals surface area contributed by atoms with Gasteiger partial charge in [-0.1, -0.05) is 121 Å². The summed E-state index contributed by atoms with van der Waals surface area (Å²) in [5.41, 5.74) is -1.06. The summed E-state index contributed by atoms with van der Waals surface area (Å²) in [6.07, 6.45) is 1.03. The van der Waals surface area contributed by atoms with Crippen LogP contribution in [0.1, 0.15) is 13.8 Å². The normalized spacial score (nSPS) is 11.2. The summed E-state index contributed by atoms with van der Waals surface area (Å²) in [7, 11) is -1.81. The quantitative estimate of drug-likeness (QED) is 0.138. The summed E-state index contributed by atoms with van der Waals surface area (Å²) in [5.74, 6) is -0.0764. The van der Waals surface area contributed by atoms with Gasteiger partial charge in [-0.25, -0.2) is 0 Å². The van der Waals surface area contributed by atoms with Gasteiger partial charge in [-0.15, -0.1) is 0 Å². The molecule has 0 saturated carbocycles. The van der Waals surface area contributed by atoms with Gasteiger partial charge < -0.3 is 0 Å². The van der Waals surface area contributed by atoms with Crippen LogP contribution >= 0.6 is 15.8 Å². The molecule has 184 valence electrons. The molecule has 5 heteroatoms. The van der Waals surface area contributed by atoms with Crippen LogP contribution in [0.5, 0.6) is 0 Å². The van der Waals surface area contributed by atoms with Crippen molar-refractivity contribution in [1.29, 1.82) is 0 Å². The van der Waals surface area contributed by atoms with Crippen molar-refractivity contribution in [2.75, 3.05) is 12.3 Å². The fourth-order valence-corrected chi connectivity index (χ4v) is 10.2. The molecule has 0 bridgehead atoms. The summed E-state index contributed by atoms with van der Waals surface area (Å²) in [6, 6.07) is 41.4. The third-order valence-electron chi connectivity index (χ3n) is 6.48. The summed E-state index contributed by atoms with van der Waals surface area (Å²) in [5, 5.41) is 4.74. The molecule has 0 aliphatic heterocycles. The van der Waals surface area contributed by atoms with Gasteiger partial charge in [-0.2, -0.15) is 0 Å². The predicted octanol–water partition coefficient (Wildman–Crippen LogP) is 5.41. The predicted molar refractivity (Wildman–Crippen MR) is 152 cm³/mol. The van der Waals surface area contributed by atoms with Gasteiger partial charge in [0.1, 0.15) is 11.6 Å². The van der Waals surface area contributed by atoms with Crippen molar-refractivity contribution in [2.24, 2.45) is 5.41 Å².